The lowest BCUT2D eigenvalue weighted by Crippen LogP contribution is -2.47. The fourth-order valence-corrected chi connectivity index (χ4v) is 2.37. The zero-order chi connectivity index (χ0) is 17.7. The molecule has 6 heteroatoms. The Labute approximate surface area is 149 Å². The standard InChI is InChI=1S/C18H19BrN2O3/c1-11-7-8-16(9-12(11)2)24-13(3)17(22)20-21-18(23)14-5-4-6-15(19)10-14/h4-10,13H,1-3H3,(H,20,22)(H,21,23). The maximum Gasteiger partial charge on any atom is 0.279 e. The summed E-state index contributed by atoms with van der Waals surface area (Å²) < 4.78 is 6.38. The molecule has 2 amide bonds. The predicted molar refractivity (Wildman–Crippen MR) is 95.8 cm³/mol. The van der Waals surface area contributed by atoms with Crippen molar-refractivity contribution in [3.8, 4) is 5.75 Å². The number of hydrogen-bond acceptors (Lipinski definition) is 3. The van der Waals surface area contributed by atoms with Gasteiger partial charge in [-0.3, -0.25) is 20.4 Å². The molecule has 1 unspecified atom stereocenters. The van der Waals surface area contributed by atoms with E-state index < -0.39 is 17.9 Å². The van der Waals surface area contributed by atoms with Crippen LogP contribution in [-0.4, -0.2) is 17.9 Å². The molecule has 2 aromatic carbocycles. The largest absolute Gasteiger partial charge is 0.481 e. The van der Waals surface area contributed by atoms with E-state index in [1.165, 1.54) is 0 Å². The number of benzene rings is 2. The lowest BCUT2D eigenvalue weighted by Gasteiger charge is -2.16. The fraction of sp³-hybridized carbons (Fsp3) is 0.222. The molecule has 0 aliphatic carbocycles. The molecule has 0 heterocycles. The number of hydrazine groups is 1. The molecule has 0 fully saturated rings. The molecule has 0 bridgehead atoms. The zero-order valence-electron chi connectivity index (χ0n) is 13.7. The Balaban J connectivity index is 1.89. The molecule has 0 aliphatic heterocycles. The SMILES string of the molecule is Cc1ccc(OC(C)C(=O)NNC(=O)c2cccc(Br)c2)cc1C. The molecule has 2 N–H and O–H groups in total. The molecule has 24 heavy (non-hydrogen) atoms. The molecule has 2 rings (SSSR count). The molecular formula is C18H19BrN2O3. The van der Waals surface area contributed by atoms with E-state index in [1.807, 2.05) is 38.1 Å². The molecule has 126 valence electrons. The summed E-state index contributed by atoms with van der Waals surface area (Å²) in [5.74, 6) is -0.223. The van der Waals surface area contributed by atoms with Gasteiger partial charge in [0.25, 0.3) is 11.8 Å². The van der Waals surface area contributed by atoms with Crippen molar-refractivity contribution < 1.29 is 14.3 Å². The van der Waals surface area contributed by atoms with Gasteiger partial charge in [0.2, 0.25) is 0 Å². The van der Waals surface area contributed by atoms with Gasteiger partial charge in [-0.2, -0.15) is 0 Å². The number of rotatable bonds is 4. The number of hydrogen-bond donors (Lipinski definition) is 2. The van der Waals surface area contributed by atoms with E-state index in [9.17, 15) is 9.59 Å². The van der Waals surface area contributed by atoms with E-state index in [0.717, 1.165) is 15.6 Å². The third kappa shape index (κ3) is 4.83. The van der Waals surface area contributed by atoms with Crippen molar-refractivity contribution in [1.29, 1.82) is 0 Å². The number of halogens is 1. The first-order chi connectivity index (χ1) is 11.4. The maximum absolute atomic E-state index is 12.0. The van der Waals surface area contributed by atoms with Crippen LogP contribution in [0.4, 0.5) is 0 Å². The van der Waals surface area contributed by atoms with Gasteiger partial charge in [0.15, 0.2) is 6.10 Å². The van der Waals surface area contributed by atoms with Gasteiger partial charge < -0.3 is 4.74 Å². The van der Waals surface area contributed by atoms with E-state index >= 15 is 0 Å². The van der Waals surface area contributed by atoms with Crippen LogP contribution in [0.15, 0.2) is 46.9 Å². The molecule has 1 atom stereocenters. The van der Waals surface area contributed by atoms with Gasteiger partial charge in [0.05, 0.1) is 0 Å². The minimum atomic E-state index is -0.741. The Morgan fingerprint density at radius 2 is 1.79 bits per heavy atom. The average Bonchev–Trinajstić information content (AvgIpc) is 2.55. The third-order valence-corrected chi connectivity index (χ3v) is 4.04. The highest BCUT2D eigenvalue weighted by Gasteiger charge is 2.16. The second kappa shape index (κ2) is 7.97. The molecule has 5 nitrogen and oxygen atoms in total. The summed E-state index contributed by atoms with van der Waals surface area (Å²) in [4.78, 5) is 24.0. The van der Waals surface area contributed by atoms with E-state index in [2.05, 4.69) is 26.8 Å². The predicted octanol–water partition coefficient (Wildman–Crippen LogP) is 3.29. The van der Waals surface area contributed by atoms with Gasteiger partial charge >= 0.3 is 0 Å². The number of nitrogens with one attached hydrogen (secondary N) is 2. The first-order valence-electron chi connectivity index (χ1n) is 7.46. The molecule has 0 radical (unpaired) electrons. The second-order valence-electron chi connectivity index (χ2n) is 5.46. The highest BCUT2D eigenvalue weighted by molar-refractivity contribution is 9.10. The molecular weight excluding hydrogens is 372 g/mol. The van der Waals surface area contributed by atoms with Gasteiger partial charge in [-0.1, -0.05) is 28.1 Å². The summed E-state index contributed by atoms with van der Waals surface area (Å²) in [5.41, 5.74) is 7.42. The van der Waals surface area contributed by atoms with Crippen LogP contribution in [-0.2, 0) is 4.79 Å². The summed E-state index contributed by atoms with van der Waals surface area (Å²) in [7, 11) is 0. The Bertz CT molecular complexity index is 762. The van der Waals surface area contributed by atoms with Crippen molar-refractivity contribution in [2.75, 3.05) is 0 Å². The van der Waals surface area contributed by atoms with E-state index in [0.29, 0.717) is 11.3 Å². The lowest BCUT2D eigenvalue weighted by molar-refractivity contribution is -0.128. The topological polar surface area (TPSA) is 67.4 Å². The average molecular weight is 391 g/mol. The van der Waals surface area contributed by atoms with Crippen LogP contribution in [0.2, 0.25) is 0 Å². The molecule has 0 spiro atoms. The van der Waals surface area contributed by atoms with Crippen LogP contribution in [0.5, 0.6) is 5.75 Å². The van der Waals surface area contributed by atoms with E-state index in [-0.39, 0.29) is 0 Å². The minimum Gasteiger partial charge on any atom is -0.481 e. The Morgan fingerprint density at radius 3 is 2.46 bits per heavy atom. The number of ether oxygens (including phenoxy) is 1. The van der Waals surface area contributed by atoms with Crippen LogP contribution in [0.3, 0.4) is 0 Å². The van der Waals surface area contributed by atoms with E-state index in [1.54, 1.807) is 25.1 Å². The Kier molecular flexibility index (Phi) is 5.98. The van der Waals surface area contributed by atoms with Gasteiger partial charge in [-0.15, -0.1) is 0 Å². The summed E-state index contributed by atoms with van der Waals surface area (Å²) in [6.45, 7) is 5.60. The molecule has 0 aliphatic rings. The highest BCUT2D eigenvalue weighted by atomic mass is 79.9. The van der Waals surface area contributed by atoms with Crippen molar-refractivity contribution in [2.24, 2.45) is 0 Å². The first-order valence-corrected chi connectivity index (χ1v) is 8.26. The number of carbonyl (C=O) groups excluding carboxylic acids is 2. The van der Waals surface area contributed by atoms with Crippen molar-refractivity contribution in [3.63, 3.8) is 0 Å². The number of amides is 2. The number of aryl methyl sites for hydroxylation is 2. The van der Waals surface area contributed by atoms with Gasteiger partial charge in [0, 0.05) is 10.0 Å². The van der Waals surface area contributed by atoms with Crippen LogP contribution in [0, 0.1) is 13.8 Å². The third-order valence-electron chi connectivity index (χ3n) is 3.55. The molecule has 0 saturated carbocycles. The lowest BCUT2D eigenvalue weighted by atomic mass is 10.1. The van der Waals surface area contributed by atoms with Gasteiger partial charge in [0.1, 0.15) is 5.75 Å². The summed E-state index contributed by atoms with van der Waals surface area (Å²) in [5, 5.41) is 0. The van der Waals surface area contributed by atoms with E-state index in [4.69, 9.17) is 4.74 Å². The molecule has 2 aromatic rings. The van der Waals surface area contributed by atoms with Crippen molar-refractivity contribution >= 4 is 27.7 Å². The van der Waals surface area contributed by atoms with Gasteiger partial charge in [-0.25, -0.2) is 0 Å². The summed E-state index contributed by atoms with van der Waals surface area (Å²) in [6, 6.07) is 12.5. The fourth-order valence-electron chi connectivity index (χ4n) is 1.97. The number of carbonyl (C=O) groups is 2. The van der Waals surface area contributed by atoms with Crippen LogP contribution in [0.1, 0.15) is 28.4 Å². The molecule has 0 saturated heterocycles. The maximum atomic E-state index is 12.0. The summed E-state index contributed by atoms with van der Waals surface area (Å²) in [6.07, 6.45) is -0.741. The molecule has 0 aromatic heterocycles. The van der Waals surface area contributed by atoms with Crippen molar-refractivity contribution in [2.45, 2.75) is 26.9 Å². The van der Waals surface area contributed by atoms with Crippen molar-refractivity contribution in [3.05, 3.63) is 63.6 Å². The summed E-state index contributed by atoms with van der Waals surface area (Å²) >= 11 is 3.29. The van der Waals surface area contributed by atoms with Crippen LogP contribution >= 0.6 is 15.9 Å². The van der Waals surface area contributed by atoms with Crippen LogP contribution in [0.25, 0.3) is 0 Å². The monoisotopic (exact) mass is 390 g/mol. The Hall–Kier alpha value is -2.34. The zero-order valence-corrected chi connectivity index (χ0v) is 15.3. The highest BCUT2D eigenvalue weighted by Crippen LogP contribution is 2.17. The minimum absolute atomic E-state index is 0.400. The van der Waals surface area contributed by atoms with Crippen LogP contribution < -0.4 is 15.6 Å². The van der Waals surface area contributed by atoms with Crippen molar-refractivity contribution in [1.82, 2.24) is 10.9 Å². The first kappa shape index (κ1) is 18.0. The Morgan fingerprint density at radius 1 is 1.04 bits per heavy atom. The normalized spacial score (nSPS) is 11.5. The quantitative estimate of drug-likeness (QED) is 0.786. The smallest absolute Gasteiger partial charge is 0.279 e. The second-order valence-corrected chi connectivity index (χ2v) is 6.38. The van der Waals surface area contributed by atoms with Gasteiger partial charge in [-0.05, 0) is 62.2 Å².